The third kappa shape index (κ3) is 5.53. The first kappa shape index (κ1) is 23.2. The minimum Gasteiger partial charge on any atom is -0.383 e. The van der Waals surface area contributed by atoms with E-state index in [4.69, 9.17) is 0 Å². The largest absolute Gasteiger partial charge is 0.433 e. The molecule has 1 aromatic carbocycles. The Morgan fingerprint density at radius 2 is 1.76 bits per heavy atom. The molecule has 3 aromatic rings. The Hall–Kier alpha value is -2.93. The van der Waals surface area contributed by atoms with Crippen LogP contribution in [-0.2, 0) is 11.8 Å². The zero-order valence-electron chi connectivity index (χ0n) is 16.8. The molecule has 2 heterocycles. The van der Waals surface area contributed by atoms with Crippen molar-refractivity contribution in [1.29, 1.82) is 0 Å². The maximum absolute atomic E-state index is 12.9. The van der Waals surface area contributed by atoms with Crippen molar-refractivity contribution in [3.63, 3.8) is 0 Å². The minimum absolute atomic E-state index is 0.0802. The lowest BCUT2D eigenvalue weighted by molar-refractivity contribution is -0.141. The Morgan fingerprint density at radius 1 is 1.03 bits per heavy atom. The maximum Gasteiger partial charge on any atom is 0.433 e. The summed E-state index contributed by atoms with van der Waals surface area (Å²) in [6.45, 7) is -1.30. The normalized spacial score (nSPS) is 15.7. The second-order valence-electron chi connectivity index (χ2n) is 7.57. The molecule has 1 aliphatic carbocycles. The molecular formula is C20H17F6N5OS. The molecule has 0 atom stereocenters. The van der Waals surface area contributed by atoms with Gasteiger partial charge in [0, 0.05) is 23.8 Å². The van der Waals surface area contributed by atoms with Gasteiger partial charge in [-0.2, -0.15) is 26.3 Å². The average Bonchev–Trinajstić information content (AvgIpc) is 3.20. The van der Waals surface area contributed by atoms with Gasteiger partial charge in [0.2, 0.25) is 5.95 Å². The van der Waals surface area contributed by atoms with Crippen LogP contribution in [-0.4, -0.2) is 32.8 Å². The molecule has 1 fully saturated rings. The van der Waals surface area contributed by atoms with Crippen LogP contribution in [0.15, 0.2) is 36.7 Å². The van der Waals surface area contributed by atoms with E-state index in [1.165, 1.54) is 35.7 Å². The number of aliphatic hydroxyl groups is 1. The number of aromatic nitrogens is 3. The highest BCUT2D eigenvalue weighted by molar-refractivity contribution is 7.15. The summed E-state index contributed by atoms with van der Waals surface area (Å²) in [5.74, 6) is -0.363. The van der Waals surface area contributed by atoms with E-state index < -0.39 is 30.2 Å². The van der Waals surface area contributed by atoms with Gasteiger partial charge in [0.05, 0.1) is 4.88 Å². The molecule has 3 N–H and O–H groups in total. The number of hydrogen-bond acceptors (Lipinski definition) is 7. The van der Waals surface area contributed by atoms with Gasteiger partial charge in [0.15, 0.2) is 0 Å². The number of benzene rings is 1. The Labute approximate surface area is 187 Å². The van der Waals surface area contributed by atoms with E-state index in [0.717, 1.165) is 12.6 Å². The fraction of sp³-hybridized carbons (Fsp3) is 0.350. The van der Waals surface area contributed by atoms with Crippen molar-refractivity contribution in [2.75, 3.05) is 17.2 Å². The van der Waals surface area contributed by atoms with Crippen molar-refractivity contribution in [2.24, 2.45) is 0 Å². The molecule has 2 aromatic heterocycles. The van der Waals surface area contributed by atoms with Crippen molar-refractivity contribution >= 4 is 28.7 Å². The summed E-state index contributed by atoms with van der Waals surface area (Å²) in [6, 6.07) is 5.01. The number of alkyl halides is 6. The zero-order chi connectivity index (χ0) is 23.9. The van der Waals surface area contributed by atoms with Crippen LogP contribution in [0.4, 0.5) is 43.7 Å². The van der Waals surface area contributed by atoms with Crippen LogP contribution in [0, 0.1) is 0 Å². The van der Waals surface area contributed by atoms with Crippen LogP contribution in [0.3, 0.4) is 0 Å². The molecule has 1 saturated carbocycles. The van der Waals surface area contributed by atoms with E-state index in [0.29, 0.717) is 34.4 Å². The molecule has 13 heteroatoms. The number of hydrogen-bond donors (Lipinski definition) is 3. The van der Waals surface area contributed by atoms with Crippen molar-refractivity contribution in [3.05, 3.63) is 47.4 Å². The van der Waals surface area contributed by atoms with Crippen LogP contribution in [0.2, 0.25) is 0 Å². The molecule has 33 heavy (non-hydrogen) atoms. The van der Waals surface area contributed by atoms with Crippen LogP contribution in [0.1, 0.15) is 30.0 Å². The molecule has 1 aliphatic rings. The molecule has 0 bridgehead atoms. The third-order valence-electron chi connectivity index (χ3n) is 5.00. The average molecular weight is 489 g/mol. The molecule has 4 rings (SSSR count). The van der Waals surface area contributed by atoms with E-state index in [1.807, 2.05) is 0 Å². The van der Waals surface area contributed by atoms with Gasteiger partial charge in [0.25, 0.3) is 0 Å². The van der Waals surface area contributed by atoms with E-state index >= 15 is 0 Å². The quantitative estimate of drug-likeness (QED) is 0.385. The summed E-state index contributed by atoms with van der Waals surface area (Å²) >= 11 is 1.20. The number of thiazole rings is 1. The summed E-state index contributed by atoms with van der Waals surface area (Å²) in [5, 5.41) is 15.9. The predicted molar refractivity (Wildman–Crippen MR) is 110 cm³/mol. The minimum atomic E-state index is -4.68. The zero-order valence-corrected chi connectivity index (χ0v) is 17.6. The standard InChI is InChI=1S/C20H17F6N5OS/c21-19(22,23)10-29-12-6-11(14-9-28-16(33-14)18(32)3-1-4-18)7-13(8-12)30-17-27-5-2-15(31-17)20(24,25)26/h2,5-9,29,32H,1,3-4,10H2,(H,27,30,31). The molecule has 0 saturated heterocycles. The van der Waals surface area contributed by atoms with Crippen molar-refractivity contribution in [1.82, 2.24) is 15.0 Å². The Bertz CT molecular complexity index is 1140. The molecular weight excluding hydrogens is 472 g/mol. The lowest BCUT2D eigenvalue weighted by atomic mass is 9.81. The van der Waals surface area contributed by atoms with Crippen molar-refractivity contribution in [3.8, 4) is 10.4 Å². The van der Waals surface area contributed by atoms with E-state index in [9.17, 15) is 31.4 Å². The van der Waals surface area contributed by atoms with Gasteiger partial charge in [-0.15, -0.1) is 11.3 Å². The van der Waals surface area contributed by atoms with Crippen LogP contribution >= 0.6 is 11.3 Å². The van der Waals surface area contributed by atoms with Crippen molar-refractivity contribution < 1.29 is 31.4 Å². The van der Waals surface area contributed by atoms with Gasteiger partial charge < -0.3 is 15.7 Å². The SMILES string of the molecule is OC1(c2ncc(-c3cc(NCC(F)(F)F)cc(Nc4nccc(C(F)(F)F)n4)c3)s2)CCC1. The summed E-state index contributed by atoms with van der Waals surface area (Å²) in [7, 11) is 0. The van der Waals surface area contributed by atoms with Gasteiger partial charge in [-0.1, -0.05) is 0 Å². The van der Waals surface area contributed by atoms with Crippen LogP contribution in [0.25, 0.3) is 10.4 Å². The summed E-state index contributed by atoms with van der Waals surface area (Å²) in [6.07, 6.45) is -4.70. The summed E-state index contributed by atoms with van der Waals surface area (Å²) in [5.41, 5.74) is -1.44. The van der Waals surface area contributed by atoms with Crippen LogP contribution < -0.4 is 10.6 Å². The Balaban J connectivity index is 1.66. The number of nitrogens with one attached hydrogen (secondary N) is 2. The molecule has 0 aliphatic heterocycles. The van der Waals surface area contributed by atoms with Crippen LogP contribution in [0.5, 0.6) is 0 Å². The molecule has 6 nitrogen and oxygen atoms in total. The molecule has 0 spiro atoms. The van der Waals surface area contributed by atoms with Crippen molar-refractivity contribution in [2.45, 2.75) is 37.2 Å². The van der Waals surface area contributed by atoms with Gasteiger partial charge >= 0.3 is 12.4 Å². The Kier molecular flexibility index (Phi) is 5.95. The number of rotatable bonds is 6. The highest BCUT2D eigenvalue weighted by atomic mass is 32.1. The molecule has 0 radical (unpaired) electrons. The van der Waals surface area contributed by atoms with Gasteiger partial charge in [-0.3, -0.25) is 0 Å². The first-order valence-electron chi connectivity index (χ1n) is 9.73. The summed E-state index contributed by atoms with van der Waals surface area (Å²) in [4.78, 5) is 12.0. The van der Waals surface area contributed by atoms with E-state index in [-0.39, 0.29) is 17.3 Å². The second-order valence-corrected chi connectivity index (χ2v) is 8.60. The number of halogens is 6. The lowest BCUT2D eigenvalue weighted by Gasteiger charge is -2.34. The van der Waals surface area contributed by atoms with E-state index in [1.54, 1.807) is 0 Å². The highest BCUT2D eigenvalue weighted by Gasteiger charge is 2.39. The highest BCUT2D eigenvalue weighted by Crippen LogP contribution is 2.44. The monoisotopic (exact) mass is 489 g/mol. The predicted octanol–water partition coefficient (Wildman–Crippen LogP) is 5.71. The van der Waals surface area contributed by atoms with Gasteiger partial charge in [0.1, 0.15) is 22.8 Å². The summed E-state index contributed by atoms with van der Waals surface area (Å²) < 4.78 is 76.9. The van der Waals surface area contributed by atoms with Gasteiger partial charge in [-0.25, -0.2) is 15.0 Å². The molecule has 0 amide bonds. The fourth-order valence-electron chi connectivity index (χ4n) is 3.20. The maximum atomic E-state index is 12.9. The second kappa shape index (κ2) is 8.45. The Morgan fingerprint density at radius 3 is 2.39 bits per heavy atom. The topological polar surface area (TPSA) is 83.0 Å². The molecule has 0 unspecified atom stereocenters. The first-order valence-corrected chi connectivity index (χ1v) is 10.6. The fourth-order valence-corrected chi connectivity index (χ4v) is 4.25. The molecule has 176 valence electrons. The first-order chi connectivity index (χ1) is 15.4. The smallest absolute Gasteiger partial charge is 0.383 e. The third-order valence-corrected chi connectivity index (χ3v) is 6.24. The number of anilines is 3. The van der Waals surface area contributed by atoms with Gasteiger partial charge in [-0.05, 0) is 49.1 Å². The van der Waals surface area contributed by atoms with E-state index in [2.05, 4.69) is 25.6 Å². The lowest BCUT2D eigenvalue weighted by Crippen LogP contribution is -2.33. The number of nitrogens with zero attached hydrogens (tertiary/aromatic N) is 3.